The third kappa shape index (κ3) is 2.67. The number of hydrogen-bond donors (Lipinski definition) is 1. The fourth-order valence-electron chi connectivity index (χ4n) is 2.54. The average Bonchev–Trinajstić information content (AvgIpc) is 3.04. The van der Waals surface area contributed by atoms with E-state index in [2.05, 4.69) is 5.32 Å². The van der Waals surface area contributed by atoms with Gasteiger partial charge >= 0.3 is 5.69 Å². The van der Waals surface area contributed by atoms with Gasteiger partial charge in [-0.15, -0.1) is 11.3 Å². The van der Waals surface area contributed by atoms with E-state index in [1.807, 2.05) is 31.2 Å². The molecule has 1 aromatic carbocycles. The first-order valence-corrected chi connectivity index (χ1v) is 8.34. The summed E-state index contributed by atoms with van der Waals surface area (Å²) in [4.78, 5) is 37.5. The number of nitrogens with one attached hydrogen (secondary N) is 1. The molecule has 3 aromatic rings. The van der Waals surface area contributed by atoms with Gasteiger partial charge in [0, 0.05) is 19.8 Å². The van der Waals surface area contributed by atoms with Crippen LogP contribution in [0.2, 0.25) is 0 Å². The quantitative estimate of drug-likeness (QED) is 0.792. The Balaban J connectivity index is 2.02. The van der Waals surface area contributed by atoms with Crippen LogP contribution in [-0.4, -0.2) is 15.0 Å². The predicted molar refractivity (Wildman–Crippen MR) is 96.1 cm³/mol. The van der Waals surface area contributed by atoms with E-state index in [1.165, 1.54) is 11.6 Å². The average molecular weight is 343 g/mol. The lowest BCUT2D eigenvalue weighted by molar-refractivity contribution is 0.103. The van der Waals surface area contributed by atoms with E-state index in [0.29, 0.717) is 20.8 Å². The van der Waals surface area contributed by atoms with Gasteiger partial charge in [0.25, 0.3) is 11.5 Å². The maximum absolute atomic E-state index is 12.5. The summed E-state index contributed by atoms with van der Waals surface area (Å²) in [5.74, 6) is -0.293. The monoisotopic (exact) mass is 343 g/mol. The molecule has 0 saturated carbocycles. The van der Waals surface area contributed by atoms with E-state index in [4.69, 9.17) is 0 Å². The summed E-state index contributed by atoms with van der Waals surface area (Å²) in [5, 5.41) is 3.21. The first-order chi connectivity index (χ1) is 11.4. The van der Waals surface area contributed by atoms with E-state index in [9.17, 15) is 14.4 Å². The summed E-state index contributed by atoms with van der Waals surface area (Å²) in [7, 11) is 3.02. The molecule has 0 spiro atoms. The van der Waals surface area contributed by atoms with Crippen molar-refractivity contribution in [1.82, 2.24) is 9.13 Å². The van der Waals surface area contributed by atoms with Gasteiger partial charge in [-0.3, -0.25) is 18.7 Å². The number of fused-ring (bicyclic) bond motifs is 1. The normalized spacial score (nSPS) is 11.0. The third-order valence-electron chi connectivity index (χ3n) is 3.94. The van der Waals surface area contributed by atoms with Crippen LogP contribution in [-0.2, 0) is 20.5 Å². The molecule has 0 aliphatic heterocycles. The molecule has 0 fully saturated rings. The zero-order valence-electron chi connectivity index (χ0n) is 13.6. The molecule has 7 heteroatoms. The minimum absolute atomic E-state index is 0.293. The SMILES string of the molecule is CCc1cccc(NC(=O)c2cc3c(=O)n(C)c(=O)n(C)c3s2)c1. The Morgan fingerprint density at radius 2 is 1.92 bits per heavy atom. The Hall–Kier alpha value is -2.67. The van der Waals surface area contributed by atoms with Gasteiger partial charge in [-0.1, -0.05) is 19.1 Å². The van der Waals surface area contributed by atoms with E-state index < -0.39 is 11.2 Å². The zero-order chi connectivity index (χ0) is 17.4. The van der Waals surface area contributed by atoms with Gasteiger partial charge in [-0.25, -0.2) is 4.79 Å². The number of carbonyl (C=O) groups excluding carboxylic acids is 1. The van der Waals surface area contributed by atoms with Crippen LogP contribution in [0.5, 0.6) is 0 Å². The number of aromatic nitrogens is 2. The van der Waals surface area contributed by atoms with Crippen molar-refractivity contribution in [1.29, 1.82) is 0 Å². The van der Waals surface area contributed by atoms with Crippen LogP contribution in [0, 0.1) is 0 Å². The second-order valence-corrected chi connectivity index (χ2v) is 6.57. The molecule has 0 atom stereocenters. The number of nitrogens with zero attached hydrogens (tertiary/aromatic N) is 2. The molecule has 1 amide bonds. The van der Waals surface area contributed by atoms with Crippen LogP contribution in [0.3, 0.4) is 0 Å². The van der Waals surface area contributed by atoms with E-state index in [-0.39, 0.29) is 5.91 Å². The van der Waals surface area contributed by atoms with Crippen molar-refractivity contribution in [2.75, 3.05) is 5.32 Å². The Labute approximate surface area is 142 Å². The highest BCUT2D eigenvalue weighted by atomic mass is 32.1. The fourth-order valence-corrected chi connectivity index (χ4v) is 3.54. The van der Waals surface area contributed by atoms with Crippen LogP contribution in [0.15, 0.2) is 39.9 Å². The highest BCUT2D eigenvalue weighted by molar-refractivity contribution is 7.20. The topological polar surface area (TPSA) is 73.1 Å². The number of aryl methyl sites for hydroxylation is 2. The highest BCUT2D eigenvalue weighted by Gasteiger charge is 2.16. The molecule has 124 valence electrons. The Bertz CT molecular complexity index is 1060. The Kier molecular flexibility index (Phi) is 4.11. The number of carbonyl (C=O) groups is 1. The van der Waals surface area contributed by atoms with Crippen molar-refractivity contribution in [3.05, 3.63) is 61.6 Å². The van der Waals surface area contributed by atoms with Crippen molar-refractivity contribution in [3.63, 3.8) is 0 Å². The maximum atomic E-state index is 12.5. The van der Waals surface area contributed by atoms with Crippen LogP contribution in [0.1, 0.15) is 22.2 Å². The number of hydrogen-bond acceptors (Lipinski definition) is 4. The summed E-state index contributed by atoms with van der Waals surface area (Å²) >= 11 is 1.14. The molecule has 0 saturated heterocycles. The van der Waals surface area contributed by atoms with Gasteiger partial charge in [0.15, 0.2) is 0 Å². The Morgan fingerprint density at radius 1 is 1.17 bits per heavy atom. The molecule has 3 rings (SSSR count). The third-order valence-corrected chi connectivity index (χ3v) is 5.15. The van der Waals surface area contributed by atoms with Crippen LogP contribution in [0.4, 0.5) is 5.69 Å². The van der Waals surface area contributed by atoms with Gasteiger partial charge in [0.2, 0.25) is 0 Å². The van der Waals surface area contributed by atoms with Crippen molar-refractivity contribution in [2.24, 2.45) is 14.1 Å². The number of amides is 1. The standard InChI is InChI=1S/C17H17N3O3S/c1-4-10-6-5-7-11(8-10)18-14(21)13-9-12-15(22)19(2)17(23)20(3)16(12)24-13/h5-9H,4H2,1-3H3,(H,18,21). The van der Waals surface area contributed by atoms with Crippen molar-refractivity contribution >= 4 is 33.1 Å². The first-order valence-electron chi connectivity index (χ1n) is 7.52. The van der Waals surface area contributed by atoms with Crippen LogP contribution >= 0.6 is 11.3 Å². The molecule has 6 nitrogen and oxygen atoms in total. The van der Waals surface area contributed by atoms with E-state index in [1.54, 1.807) is 13.1 Å². The minimum Gasteiger partial charge on any atom is -0.321 e. The molecule has 0 aliphatic rings. The second-order valence-electron chi connectivity index (χ2n) is 5.54. The Morgan fingerprint density at radius 3 is 2.62 bits per heavy atom. The number of benzene rings is 1. The first kappa shape index (κ1) is 16.2. The fraction of sp³-hybridized carbons (Fsp3) is 0.235. The predicted octanol–water partition coefficient (Wildman–Crippen LogP) is 2.11. The van der Waals surface area contributed by atoms with Crippen LogP contribution in [0.25, 0.3) is 10.2 Å². The van der Waals surface area contributed by atoms with Gasteiger partial charge < -0.3 is 5.32 Å². The van der Waals surface area contributed by atoms with E-state index >= 15 is 0 Å². The van der Waals surface area contributed by atoms with E-state index in [0.717, 1.165) is 27.9 Å². The molecule has 0 unspecified atom stereocenters. The largest absolute Gasteiger partial charge is 0.331 e. The van der Waals surface area contributed by atoms with Gasteiger partial charge in [-0.05, 0) is 30.2 Å². The lowest BCUT2D eigenvalue weighted by Gasteiger charge is -2.05. The highest BCUT2D eigenvalue weighted by Crippen LogP contribution is 2.23. The molecule has 0 aliphatic carbocycles. The number of rotatable bonds is 3. The van der Waals surface area contributed by atoms with Gasteiger partial charge in [-0.2, -0.15) is 0 Å². The number of thiophene rings is 1. The van der Waals surface area contributed by atoms with Crippen molar-refractivity contribution in [2.45, 2.75) is 13.3 Å². The molecule has 2 heterocycles. The van der Waals surface area contributed by atoms with Gasteiger partial charge in [0.05, 0.1) is 10.3 Å². The molecule has 1 N–H and O–H groups in total. The maximum Gasteiger partial charge on any atom is 0.331 e. The lowest BCUT2D eigenvalue weighted by Crippen LogP contribution is -2.36. The zero-order valence-corrected chi connectivity index (χ0v) is 14.4. The molecule has 2 aromatic heterocycles. The summed E-state index contributed by atoms with van der Waals surface area (Å²) in [6.07, 6.45) is 0.880. The summed E-state index contributed by atoms with van der Waals surface area (Å²) in [6, 6.07) is 9.16. The second kappa shape index (κ2) is 6.09. The van der Waals surface area contributed by atoms with Crippen molar-refractivity contribution in [3.8, 4) is 0 Å². The molecule has 24 heavy (non-hydrogen) atoms. The van der Waals surface area contributed by atoms with Crippen LogP contribution < -0.4 is 16.6 Å². The summed E-state index contributed by atoms with van der Waals surface area (Å²) in [6.45, 7) is 2.04. The number of anilines is 1. The smallest absolute Gasteiger partial charge is 0.321 e. The van der Waals surface area contributed by atoms with Gasteiger partial charge in [0.1, 0.15) is 4.83 Å². The van der Waals surface area contributed by atoms with Crippen molar-refractivity contribution < 1.29 is 4.79 Å². The lowest BCUT2D eigenvalue weighted by atomic mass is 10.1. The summed E-state index contributed by atoms with van der Waals surface area (Å²) in [5.41, 5.74) is 1.03. The molecule has 0 bridgehead atoms. The summed E-state index contributed by atoms with van der Waals surface area (Å²) < 4.78 is 2.43. The minimum atomic E-state index is -0.406. The molecular formula is C17H17N3O3S. The molecular weight excluding hydrogens is 326 g/mol. The molecule has 0 radical (unpaired) electrons.